The summed E-state index contributed by atoms with van der Waals surface area (Å²) < 4.78 is 28.0. The molecule has 0 saturated heterocycles. The minimum absolute atomic E-state index is 0.331. The van der Waals surface area contributed by atoms with Crippen molar-refractivity contribution in [3.63, 3.8) is 0 Å². The fraction of sp³-hybridized carbons (Fsp3) is 0.222. The molecule has 0 radical (unpaired) electrons. The summed E-state index contributed by atoms with van der Waals surface area (Å²) in [4.78, 5) is 23.3. The Morgan fingerprint density at radius 3 is 2.16 bits per heavy atom. The highest BCUT2D eigenvalue weighted by molar-refractivity contribution is 5.92. The van der Waals surface area contributed by atoms with Gasteiger partial charge in [-0.15, -0.1) is 0 Å². The zero-order valence-corrected chi connectivity index (χ0v) is 13.7. The van der Waals surface area contributed by atoms with Gasteiger partial charge in [-0.25, -0.2) is 9.18 Å². The number of esters is 1. The van der Waals surface area contributed by atoms with Crippen molar-refractivity contribution in [2.75, 3.05) is 25.1 Å². The Morgan fingerprint density at radius 1 is 0.920 bits per heavy atom. The zero-order valence-electron chi connectivity index (χ0n) is 13.7. The number of amides is 1. The van der Waals surface area contributed by atoms with Crippen LogP contribution in [0.15, 0.2) is 48.5 Å². The highest BCUT2D eigenvalue weighted by Crippen LogP contribution is 2.15. The molecule has 0 bridgehead atoms. The lowest BCUT2D eigenvalue weighted by Crippen LogP contribution is -2.23. The Morgan fingerprint density at radius 2 is 1.52 bits per heavy atom. The number of nitrogens with one attached hydrogen (secondary N) is 1. The van der Waals surface area contributed by atoms with E-state index >= 15 is 0 Å². The standard InChI is InChI=1S/C18H18FNO5/c1-2-23-15-9-5-14(6-10-15)20-17(21)11-25-18(22)12-24-16-7-3-13(19)4-8-16/h3-10H,2,11-12H2,1H3,(H,20,21). The second-order valence-corrected chi connectivity index (χ2v) is 4.91. The lowest BCUT2D eigenvalue weighted by Gasteiger charge is -2.08. The van der Waals surface area contributed by atoms with Crippen molar-refractivity contribution >= 4 is 17.6 Å². The van der Waals surface area contributed by atoms with E-state index in [0.29, 0.717) is 23.8 Å². The van der Waals surface area contributed by atoms with Crippen LogP contribution in [-0.4, -0.2) is 31.7 Å². The van der Waals surface area contributed by atoms with E-state index in [9.17, 15) is 14.0 Å². The second-order valence-electron chi connectivity index (χ2n) is 4.91. The summed E-state index contributed by atoms with van der Waals surface area (Å²) in [6.45, 7) is 1.63. The number of anilines is 1. The Labute approximate surface area is 144 Å². The topological polar surface area (TPSA) is 73.9 Å². The highest BCUT2D eigenvalue weighted by atomic mass is 19.1. The summed E-state index contributed by atoms with van der Waals surface area (Å²) in [6.07, 6.45) is 0. The Balaban J connectivity index is 1.69. The molecule has 2 aromatic rings. The number of rotatable bonds is 8. The van der Waals surface area contributed by atoms with E-state index in [1.165, 1.54) is 24.3 Å². The summed E-state index contributed by atoms with van der Waals surface area (Å²) >= 11 is 0. The van der Waals surface area contributed by atoms with Crippen molar-refractivity contribution in [2.24, 2.45) is 0 Å². The van der Waals surface area contributed by atoms with Gasteiger partial charge in [-0.05, 0) is 55.5 Å². The monoisotopic (exact) mass is 347 g/mol. The highest BCUT2D eigenvalue weighted by Gasteiger charge is 2.09. The molecule has 1 N–H and O–H groups in total. The van der Waals surface area contributed by atoms with Gasteiger partial charge >= 0.3 is 5.97 Å². The quantitative estimate of drug-likeness (QED) is 0.743. The van der Waals surface area contributed by atoms with Crippen molar-refractivity contribution in [1.29, 1.82) is 0 Å². The molecule has 0 aliphatic heterocycles. The van der Waals surface area contributed by atoms with Crippen LogP contribution in [0.1, 0.15) is 6.92 Å². The number of carbonyl (C=O) groups excluding carboxylic acids is 2. The number of benzene rings is 2. The molecule has 2 rings (SSSR count). The lowest BCUT2D eigenvalue weighted by molar-refractivity contribution is -0.149. The van der Waals surface area contributed by atoms with Crippen molar-refractivity contribution < 1.29 is 28.2 Å². The van der Waals surface area contributed by atoms with E-state index < -0.39 is 24.3 Å². The third kappa shape index (κ3) is 6.50. The molecule has 2 aromatic carbocycles. The van der Waals surface area contributed by atoms with E-state index in [0.717, 1.165) is 0 Å². The first-order valence-corrected chi connectivity index (χ1v) is 7.63. The largest absolute Gasteiger partial charge is 0.494 e. The smallest absolute Gasteiger partial charge is 0.344 e. The molecule has 1 amide bonds. The Kier molecular flexibility index (Phi) is 6.76. The molecule has 0 aromatic heterocycles. The number of hydrogen-bond donors (Lipinski definition) is 1. The van der Waals surface area contributed by atoms with Gasteiger partial charge in [-0.2, -0.15) is 0 Å². The third-order valence-electron chi connectivity index (χ3n) is 2.98. The molecule has 6 nitrogen and oxygen atoms in total. The maximum absolute atomic E-state index is 12.7. The summed E-state index contributed by atoms with van der Waals surface area (Å²) in [5.74, 6) is -0.548. The molecule has 0 aliphatic rings. The van der Waals surface area contributed by atoms with Gasteiger partial charge in [0.1, 0.15) is 17.3 Å². The van der Waals surface area contributed by atoms with Crippen LogP contribution in [0.2, 0.25) is 0 Å². The molecular formula is C18H18FNO5. The number of ether oxygens (including phenoxy) is 3. The summed E-state index contributed by atoms with van der Waals surface area (Å²) in [5.41, 5.74) is 0.562. The van der Waals surface area contributed by atoms with Crippen molar-refractivity contribution in [1.82, 2.24) is 0 Å². The van der Waals surface area contributed by atoms with Crippen LogP contribution in [0.3, 0.4) is 0 Å². The summed E-state index contributed by atoms with van der Waals surface area (Å²) in [6, 6.07) is 12.0. The van der Waals surface area contributed by atoms with E-state index in [-0.39, 0.29) is 6.61 Å². The van der Waals surface area contributed by atoms with E-state index in [1.807, 2.05) is 6.92 Å². The fourth-order valence-electron chi connectivity index (χ4n) is 1.86. The van der Waals surface area contributed by atoms with Crippen LogP contribution in [0.25, 0.3) is 0 Å². The summed E-state index contributed by atoms with van der Waals surface area (Å²) in [5, 5.41) is 2.59. The molecule has 0 unspecified atom stereocenters. The first-order chi connectivity index (χ1) is 12.1. The van der Waals surface area contributed by atoms with Gasteiger partial charge in [0, 0.05) is 5.69 Å². The fourth-order valence-corrected chi connectivity index (χ4v) is 1.86. The van der Waals surface area contributed by atoms with Gasteiger partial charge in [-0.1, -0.05) is 0 Å². The molecule has 0 spiro atoms. The predicted molar refractivity (Wildman–Crippen MR) is 89.1 cm³/mol. The van der Waals surface area contributed by atoms with Crippen molar-refractivity contribution in [3.8, 4) is 11.5 Å². The van der Waals surface area contributed by atoms with Gasteiger partial charge in [0.05, 0.1) is 6.61 Å². The van der Waals surface area contributed by atoms with Gasteiger partial charge in [-0.3, -0.25) is 4.79 Å². The predicted octanol–water partition coefficient (Wildman–Crippen LogP) is 2.79. The van der Waals surface area contributed by atoms with Crippen LogP contribution in [-0.2, 0) is 14.3 Å². The van der Waals surface area contributed by atoms with Crippen molar-refractivity contribution in [3.05, 3.63) is 54.3 Å². The Bertz CT molecular complexity index is 700. The van der Waals surface area contributed by atoms with Crippen LogP contribution in [0.4, 0.5) is 10.1 Å². The van der Waals surface area contributed by atoms with Crippen LogP contribution >= 0.6 is 0 Å². The average molecular weight is 347 g/mol. The summed E-state index contributed by atoms with van der Waals surface area (Å²) in [7, 11) is 0. The second kappa shape index (κ2) is 9.27. The van der Waals surface area contributed by atoms with E-state index in [1.54, 1.807) is 24.3 Å². The molecule has 132 valence electrons. The normalized spacial score (nSPS) is 10.0. The molecule has 0 aliphatic carbocycles. The average Bonchev–Trinajstić information content (AvgIpc) is 2.61. The maximum atomic E-state index is 12.7. The Hall–Kier alpha value is -3.09. The third-order valence-corrected chi connectivity index (χ3v) is 2.98. The molecule has 25 heavy (non-hydrogen) atoms. The number of carbonyl (C=O) groups is 2. The molecule has 0 saturated carbocycles. The van der Waals surface area contributed by atoms with Crippen LogP contribution in [0.5, 0.6) is 11.5 Å². The first-order valence-electron chi connectivity index (χ1n) is 7.63. The zero-order chi connectivity index (χ0) is 18.1. The molecule has 0 heterocycles. The minimum atomic E-state index is -0.703. The maximum Gasteiger partial charge on any atom is 0.344 e. The number of halogens is 1. The van der Waals surface area contributed by atoms with Gasteiger partial charge in [0.25, 0.3) is 5.91 Å². The van der Waals surface area contributed by atoms with E-state index in [2.05, 4.69) is 5.32 Å². The molecule has 7 heteroatoms. The van der Waals surface area contributed by atoms with Crippen molar-refractivity contribution in [2.45, 2.75) is 6.92 Å². The molecular weight excluding hydrogens is 329 g/mol. The van der Waals surface area contributed by atoms with Gasteiger partial charge in [0.15, 0.2) is 13.2 Å². The molecule has 0 atom stereocenters. The number of hydrogen-bond acceptors (Lipinski definition) is 5. The van der Waals surface area contributed by atoms with Crippen LogP contribution < -0.4 is 14.8 Å². The molecule has 0 fully saturated rings. The minimum Gasteiger partial charge on any atom is -0.494 e. The van der Waals surface area contributed by atoms with E-state index in [4.69, 9.17) is 14.2 Å². The lowest BCUT2D eigenvalue weighted by atomic mass is 10.3. The van der Waals surface area contributed by atoms with Gasteiger partial charge in [0.2, 0.25) is 0 Å². The first kappa shape index (κ1) is 18.3. The SMILES string of the molecule is CCOc1ccc(NC(=O)COC(=O)COc2ccc(F)cc2)cc1. The van der Waals surface area contributed by atoms with Gasteiger partial charge < -0.3 is 19.5 Å². The van der Waals surface area contributed by atoms with Crippen LogP contribution in [0, 0.1) is 5.82 Å².